The number of nitrogens with two attached hydrogens (primary N) is 1. The Bertz CT molecular complexity index is 460. The number of hydrazine groups is 1. The Hall–Kier alpha value is -1.59. The van der Waals surface area contributed by atoms with Gasteiger partial charge in [-0.1, -0.05) is 0 Å². The van der Waals surface area contributed by atoms with Crippen molar-refractivity contribution in [3.8, 4) is 0 Å². The van der Waals surface area contributed by atoms with Gasteiger partial charge < -0.3 is 8.98 Å². The summed E-state index contributed by atoms with van der Waals surface area (Å²) in [5.41, 5.74) is 3.86. The fourth-order valence-electron chi connectivity index (χ4n) is 1.74. The molecular formula is C11H16N4O. The van der Waals surface area contributed by atoms with E-state index < -0.39 is 0 Å². The minimum atomic E-state index is -0.0453. The summed E-state index contributed by atoms with van der Waals surface area (Å²) in [7, 11) is 1.96. The summed E-state index contributed by atoms with van der Waals surface area (Å²) in [4.78, 5) is 4.27. The number of hydrogen-bond donors (Lipinski definition) is 2. The third kappa shape index (κ3) is 2.00. The molecule has 5 nitrogen and oxygen atoms in total. The van der Waals surface area contributed by atoms with Gasteiger partial charge in [0.2, 0.25) is 0 Å². The van der Waals surface area contributed by atoms with Gasteiger partial charge in [0.05, 0.1) is 12.3 Å². The van der Waals surface area contributed by atoms with Crippen molar-refractivity contribution in [2.45, 2.75) is 19.4 Å². The molecule has 16 heavy (non-hydrogen) atoms. The summed E-state index contributed by atoms with van der Waals surface area (Å²) in [5, 5.41) is 0. The lowest BCUT2D eigenvalue weighted by molar-refractivity contribution is 0.406. The molecule has 2 heterocycles. The van der Waals surface area contributed by atoms with Gasteiger partial charge in [0.25, 0.3) is 0 Å². The van der Waals surface area contributed by atoms with Crippen molar-refractivity contribution in [3.63, 3.8) is 0 Å². The smallest absolute Gasteiger partial charge is 0.125 e. The highest BCUT2D eigenvalue weighted by molar-refractivity contribution is 5.19. The molecule has 0 aliphatic heterocycles. The Morgan fingerprint density at radius 2 is 2.44 bits per heavy atom. The van der Waals surface area contributed by atoms with E-state index in [1.807, 2.05) is 30.8 Å². The number of nitrogens with one attached hydrogen (secondary N) is 1. The summed E-state index contributed by atoms with van der Waals surface area (Å²) < 4.78 is 7.40. The van der Waals surface area contributed by atoms with Crippen LogP contribution in [0.5, 0.6) is 0 Å². The summed E-state index contributed by atoms with van der Waals surface area (Å²) in [6.45, 7) is 2.00. The monoisotopic (exact) mass is 220 g/mol. The Kier molecular flexibility index (Phi) is 3.07. The average Bonchev–Trinajstić information content (AvgIpc) is 2.85. The number of rotatable bonds is 4. The number of aryl methyl sites for hydroxylation is 2. The molecule has 0 aliphatic rings. The second kappa shape index (κ2) is 4.51. The van der Waals surface area contributed by atoms with Gasteiger partial charge in [-0.3, -0.25) is 5.84 Å². The molecule has 0 radical (unpaired) electrons. The maximum atomic E-state index is 5.55. The van der Waals surface area contributed by atoms with Crippen LogP contribution in [0.25, 0.3) is 0 Å². The van der Waals surface area contributed by atoms with E-state index in [9.17, 15) is 0 Å². The fourth-order valence-corrected chi connectivity index (χ4v) is 1.74. The van der Waals surface area contributed by atoms with E-state index in [0.29, 0.717) is 6.42 Å². The number of imidazole rings is 1. The first-order valence-electron chi connectivity index (χ1n) is 5.18. The topological polar surface area (TPSA) is 69.0 Å². The van der Waals surface area contributed by atoms with Crippen molar-refractivity contribution >= 4 is 0 Å². The number of aromatic nitrogens is 2. The van der Waals surface area contributed by atoms with E-state index in [-0.39, 0.29) is 6.04 Å². The van der Waals surface area contributed by atoms with Gasteiger partial charge in [0.15, 0.2) is 0 Å². The second-order valence-corrected chi connectivity index (χ2v) is 3.85. The first-order valence-corrected chi connectivity index (χ1v) is 5.18. The van der Waals surface area contributed by atoms with Crippen LogP contribution in [0.3, 0.4) is 0 Å². The molecule has 0 aliphatic carbocycles. The Morgan fingerprint density at radius 1 is 1.62 bits per heavy atom. The maximum Gasteiger partial charge on any atom is 0.125 e. The van der Waals surface area contributed by atoms with Gasteiger partial charge in [0.1, 0.15) is 11.6 Å². The SMILES string of the molecule is Cc1ccoc1C(Cc1nccn1C)NN. The second-order valence-electron chi connectivity index (χ2n) is 3.85. The molecular weight excluding hydrogens is 204 g/mol. The third-order valence-electron chi connectivity index (χ3n) is 2.73. The van der Waals surface area contributed by atoms with E-state index in [0.717, 1.165) is 17.1 Å². The van der Waals surface area contributed by atoms with E-state index in [2.05, 4.69) is 10.4 Å². The van der Waals surface area contributed by atoms with Gasteiger partial charge >= 0.3 is 0 Å². The highest BCUT2D eigenvalue weighted by Gasteiger charge is 2.17. The minimum Gasteiger partial charge on any atom is -0.467 e. The standard InChI is InChI=1S/C11H16N4O/c1-8-3-6-16-11(8)9(14-12)7-10-13-4-5-15(10)2/h3-6,9,14H,7,12H2,1-2H3. The highest BCUT2D eigenvalue weighted by Crippen LogP contribution is 2.21. The zero-order chi connectivity index (χ0) is 11.5. The van der Waals surface area contributed by atoms with Crippen LogP contribution in [-0.2, 0) is 13.5 Å². The van der Waals surface area contributed by atoms with Crippen molar-refractivity contribution in [2.75, 3.05) is 0 Å². The minimum absolute atomic E-state index is 0.0453. The molecule has 0 amide bonds. The van der Waals surface area contributed by atoms with Crippen molar-refractivity contribution in [1.29, 1.82) is 0 Å². The Balaban J connectivity index is 2.19. The zero-order valence-electron chi connectivity index (χ0n) is 9.47. The normalized spacial score (nSPS) is 12.9. The van der Waals surface area contributed by atoms with Gasteiger partial charge in [-0.05, 0) is 18.6 Å². The lowest BCUT2D eigenvalue weighted by Gasteiger charge is -2.14. The van der Waals surface area contributed by atoms with Crippen LogP contribution < -0.4 is 11.3 Å². The van der Waals surface area contributed by atoms with Gasteiger partial charge in [0, 0.05) is 25.9 Å². The summed E-state index contributed by atoms with van der Waals surface area (Å²) in [6, 6.07) is 1.88. The molecule has 0 saturated carbocycles. The van der Waals surface area contributed by atoms with Gasteiger partial charge in [-0.25, -0.2) is 10.4 Å². The van der Waals surface area contributed by atoms with Crippen molar-refractivity contribution in [1.82, 2.24) is 15.0 Å². The van der Waals surface area contributed by atoms with Crippen LogP contribution in [0.2, 0.25) is 0 Å². The van der Waals surface area contributed by atoms with Crippen LogP contribution in [0.1, 0.15) is 23.2 Å². The molecule has 1 atom stereocenters. The van der Waals surface area contributed by atoms with Crippen LogP contribution in [0.15, 0.2) is 29.1 Å². The average molecular weight is 220 g/mol. The summed E-state index contributed by atoms with van der Waals surface area (Å²) >= 11 is 0. The van der Waals surface area contributed by atoms with Crippen molar-refractivity contribution < 1.29 is 4.42 Å². The van der Waals surface area contributed by atoms with E-state index in [4.69, 9.17) is 10.3 Å². The first kappa shape index (κ1) is 10.9. The van der Waals surface area contributed by atoms with Crippen LogP contribution >= 0.6 is 0 Å². The lowest BCUT2D eigenvalue weighted by Crippen LogP contribution is -2.30. The molecule has 1 unspecified atom stereocenters. The summed E-state index contributed by atoms with van der Waals surface area (Å²) in [6.07, 6.45) is 6.07. The van der Waals surface area contributed by atoms with E-state index in [1.54, 1.807) is 12.5 Å². The molecule has 2 rings (SSSR count). The molecule has 0 saturated heterocycles. The largest absolute Gasteiger partial charge is 0.467 e. The van der Waals surface area contributed by atoms with Crippen molar-refractivity contribution in [3.05, 3.63) is 41.9 Å². The molecule has 2 aromatic rings. The fraction of sp³-hybridized carbons (Fsp3) is 0.364. The van der Waals surface area contributed by atoms with Crippen LogP contribution in [-0.4, -0.2) is 9.55 Å². The highest BCUT2D eigenvalue weighted by atomic mass is 16.3. The lowest BCUT2D eigenvalue weighted by atomic mass is 10.1. The summed E-state index contributed by atoms with van der Waals surface area (Å²) in [5.74, 6) is 7.39. The van der Waals surface area contributed by atoms with Gasteiger partial charge in [-0.2, -0.15) is 0 Å². The van der Waals surface area contributed by atoms with Crippen LogP contribution in [0.4, 0.5) is 0 Å². The Morgan fingerprint density at radius 3 is 2.94 bits per heavy atom. The molecule has 86 valence electrons. The molecule has 0 spiro atoms. The Labute approximate surface area is 94.2 Å². The number of furan rings is 1. The molecule has 5 heteroatoms. The molecule has 3 N–H and O–H groups in total. The number of hydrogen-bond acceptors (Lipinski definition) is 4. The molecule has 0 fully saturated rings. The maximum absolute atomic E-state index is 5.55. The predicted octanol–water partition coefficient (Wildman–Crippen LogP) is 1.07. The van der Waals surface area contributed by atoms with Crippen molar-refractivity contribution in [2.24, 2.45) is 12.9 Å². The quantitative estimate of drug-likeness (QED) is 0.597. The van der Waals surface area contributed by atoms with E-state index in [1.165, 1.54) is 0 Å². The molecule has 0 aromatic carbocycles. The van der Waals surface area contributed by atoms with E-state index >= 15 is 0 Å². The number of nitrogens with zero attached hydrogens (tertiary/aromatic N) is 2. The molecule has 2 aromatic heterocycles. The van der Waals surface area contributed by atoms with Gasteiger partial charge in [-0.15, -0.1) is 0 Å². The first-order chi connectivity index (χ1) is 7.72. The van der Waals surface area contributed by atoms with Crippen LogP contribution in [0, 0.1) is 6.92 Å². The zero-order valence-corrected chi connectivity index (χ0v) is 9.47. The molecule has 0 bridgehead atoms. The third-order valence-corrected chi connectivity index (χ3v) is 2.73. The predicted molar refractivity (Wildman–Crippen MR) is 60.4 cm³/mol.